The molecular weight excluding hydrogens is 420 g/mol. The minimum absolute atomic E-state index is 0.281. The number of ether oxygens (including phenoxy) is 1. The van der Waals surface area contributed by atoms with Gasteiger partial charge in [0.25, 0.3) is 0 Å². The van der Waals surface area contributed by atoms with Crippen molar-refractivity contribution in [2.75, 3.05) is 11.9 Å². The van der Waals surface area contributed by atoms with Crippen molar-refractivity contribution in [3.8, 4) is 0 Å². The molecule has 0 aliphatic rings. The summed E-state index contributed by atoms with van der Waals surface area (Å²) in [5, 5.41) is 3.54. The van der Waals surface area contributed by atoms with Crippen molar-refractivity contribution in [1.82, 2.24) is 0 Å². The standard InChI is InChI=1S/C30H28N2O2/c1-2-34-30(33)29(28(25-19-11-5-12-20-25)31-26-21-13-6-14-22-26)32-27(23-15-7-3-8-16-23)24-17-9-4-10-18-24/h3-22,28-29,31H,2H2,1H3. The van der Waals surface area contributed by atoms with Gasteiger partial charge in [0.1, 0.15) is 0 Å². The van der Waals surface area contributed by atoms with Gasteiger partial charge in [0, 0.05) is 16.8 Å². The van der Waals surface area contributed by atoms with Gasteiger partial charge in [-0.25, -0.2) is 4.79 Å². The number of benzene rings is 4. The number of anilines is 1. The molecule has 0 spiro atoms. The van der Waals surface area contributed by atoms with Crippen LogP contribution < -0.4 is 5.32 Å². The number of rotatable bonds is 9. The van der Waals surface area contributed by atoms with Crippen molar-refractivity contribution in [3.05, 3.63) is 138 Å². The third-order valence-corrected chi connectivity index (χ3v) is 5.46. The van der Waals surface area contributed by atoms with Crippen LogP contribution in [0.25, 0.3) is 0 Å². The lowest BCUT2D eigenvalue weighted by Gasteiger charge is -2.26. The zero-order valence-corrected chi connectivity index (χ0v) is 19.2. The van der Waals surface area contributed by atoms with Gasteiger partial charge in [-0.05, 0) is 24.6 Å². The van der Waals surface area contributed by atoms with Gasteiger partial charge in [0.05, 0.1) is 18.4 Å². The summed E-state index contributed by atoms with van der Waals surface area (Å²) in [6.45, 7) is 2.10. The number of aliphatic imine (C=N–C) groups is 1. The average Bonchev–Trinajstić information content (AvgIpc) is 2.90. The molecule has 4 aromatic carbocycles. The summed E-state index contributed by atoms with van der Waals surface area (Å²) in [6.07, 6.45) is 0. The van der Waals surface area contributed by atoms with Gasteiger partial charge >= 0.3 is 5.97 Å². The fourth-order valence-corrected chi connectivity index (χ4v) is 3.86. The summed E-state index contributed by atoms with van der Waals surface area (Å²) >= 11 is 0. The Hall–Kier alpha value is -4.18. The number of carbonyl (C=O) groups is 1. The van der Waals surface area contributed by atoms with E-state index >= 15 is 0 Å². The second-order valence-corrected chi connectivity index (χ2v) is 7.81. The highest BCUT2D eigenvalue weighted by Crippen LogP contribution is 2.27. The molecule has 4 nitrogen and oxygen atoms in total. The Morgan fingerprint density at radius 2 is 1.21 bits per heavy atom. The molecule has 0 aliphatic heterocycles. The van der Waals surface area contributed by atoms with Crippen LogP contribution in [0.5, 0.6) is 0 Å². The quantitative estimate of drug-likeness (QED) is 0.241. The number of esters is 1. The molecule has 0 bridgehead atoms. The van der Waals surface area contributed by atoms with Crippen molar-refractivity contribution < 1.29 is 9.53 Å². The number of para-hydroxylation sites is 1. The SMILES string of the molecule is CCOC(=O)C(N=C(c1ccccc1)c1ccccc1)C(Nc1ccccc1)c1ccccc1. The Morgan fingerprint density at radius 1 is 0.735 bits per heavy atom. The Bertz CT molecular complexity index is 1150. The lowest BCUT2D eigenvalue weighted by atomic mass is 9.97. The van der Waals surface area contributed by atoms with Gasteiger partial charge < -0.3 is 10.1 Å². The maximum Gasteiger partial charge on any atom is 0.333 e. The molecule has 0 fully saturated rings. The number of hydrogen-bond donors (Lipinski definition) is 1. The van der Waals surface area contributed by atoms with E-state index in [0.29, 0.717) is 0 Å². The molecule has 170 valence electrons. The van der Waals surface area contributed by atoms with E-state index in [1.54, 1.807) is 0 Å². The fourth-order valence-electron chi connectivity index (χ4n) is 3.86. The Balaban J connectivity index is 1.87. The molecule has 0 amide bonds. The Labute approximate surface area is 201 Å². The predicted molar refractivity (Wildman–Crippen MR) is 138 cm³/mol. The monoisotopic (exact) mass is 448 g/mol. The van der Waals surface area contributed by atoms with Crippen molar-refractivity contribution in [3.63, 3.8) is 0 Å². The molecule has 0 radical (unpaired) electrons. The van der Waals surface area contributed by atoms with Crippen molar-refractivity contribution in [2.45, 2.75) is 19.0 Å². The first-order valence-corrected chi connectivity index (χ1v) is 11.5. The van der Waals surface area contributed by atoms with Gasteiger partial charge in [0.2, 0.25) is 0 Å². The zero-order valence-electron chi connectivity index (χ0n) is 19.2. The smallest absolute Gasteiger partial charge is 0.333 e. The lowest BCUT2D eigenvalue weighted by molar-refractivity contribution is -0.145. The van der Waals surface area contributed by atoms with Crippen molar-refractivity contribution in [2.24, 2.45) is 4.99 Å². The summed E-state index contributed by atoms with van der Waals surface area (Å²) in [6, 6.07) is 38.4. The topological polar surface area (TPSA) is 50.7 Å². The molecule has 0 saturated heterocycles. The van der Waals surface area contributed by atoms with E-state index in [9.17, 15) is 4.79 Å². The largest absolute Gasteiger partial charge is 0.464 e. The molecule has 34 heavy (non-hydrogen) atoms. The molecule has 2 atom stereocenters. The van der Waals surface area contributed by atoms with Crippen molar-refractivity contribution >= 4 is 17.4 Å². The normalized spacial score (nSPS) is 12.3. The van der Waals surface area contributed by atoms with Crippen LogP contribution >= 0.6 is 0 Å². The highest BCUT2D eigenvalue weighted by molar-refractivity contribution is 6.13. The van der Waals surface area contributed by atoms with Crippen molar-refractivity contribution in [1.29, 1.82) is 0 Å². The van der Waals surface area contributed by atoms with Crippen LogP contribution in [-0.2, 0) is 9.53 Å². The summed E-state index contributed by atoms with van der Waals surface area (Å²) < 4.78 is 5.53. The second kappa shape index (κ2) is 11.6. The molecule has 4 rings (SSSR count). The first-order chi connectivity index (χ1) is 16.8. The van der Waals surface area contributed by atoms with Crippen LogP contribution in [0.1, 0.15) is 29.7 Å². The van der Waals surface area contributed by atoms with E-state index in [4.69, 9.17) is 9.73 Å². The first-order valence-electron chi connectivity index (χ1n) is 11.5. The number of nitrogens with one attached hydrogen (secondary N) is 1. The molecule has 0 aliphatic carbocycles. The van der Waals surface area contributed by atoms with Gasteiger partial charge in [-0.1, -0.05) is 109 Å². The molecule has 1 N–H and O–H groups in total. The highest BCUT2D eigenvalue weighted by Gasteiger charge is 2.31. The van der Waals surface area contributed by atoms with Crippen LogP contribution in [-0.4, -0.2) is 24.3 Å². The number of carbonyl (C=O) groups excluding carboxylic acids is 1. The summed E-state index contributed by atoms with van der Waals surface area (Å²) in [7, 11) is 0. The highest BCUT2D eigenvalue weighted by atomic mass is 16.5. The molecular formula is C30H28N2O2. The van der Waals surface area contributed by atoms with Crippen LogP contribution in [0.2, 0.25) is 0 Å². The molecule has 2 unspecified atom stereocenters. The van der Waals surface area contributed by atoms with Crippen LogP contribution in [0, 0.1) is 0 Å². The van der Waals surface area contributed by atoms with Gasteiger partial charge in [-0.15, -0.1) is 0 Å². The second-order valence-electron chi connectivity index (χ2n) is 7.81. The van der Waals surface area contributed by atoms with Gasteiger partial charge in [-0.3, -0.25) is 4.99 Å². The number of hydrogen-bond acceptors (Lipinski definition) is 4. The van der Waals surface area contributed by atoms with Gasteiger partial charge in [-0.2, -0.15) is 0 Å². The van der Waals surface area contributed by atoms with Crippen LogP contribution in [0.4, 0.5) is 5.69 Å². The molecule has 0 heterocycles. The molecule has 0 aromatic heterocycles. The fraction of sp³-hybridized carbons (Fsp3) is 0.133. The Kier molecular flexibility index (Phi) is 7.86. The molecule has 4 aromatic rings. The van der Waals surface area contributed by atoms with Gasteiger partial charge in [0.15, 0.2) is 6.04 Å². The van der Waals surface area contributed by atoms with E-state index in [1.807, 2.05) is 128 Å². The van der Waals surface area contributed by atoms with E-state index in [-0.39, 0.29) is 12.6 Å². The zero-order chi connectivity index (χ0) is 23.6. The average molecular weight is 449 g/mol. The maximum atomic E-state index is 13.4. The maximum absolute atomic E-state index is 13.4. The minimum atomic E-state index is -0.807. The summed E-state index contributed by atoms with van der Waals surface area (Å²) in [5.74, 6) is -0.371. The lowest BCUT2D eigenvalue weighted by Crippen LogP contribution is -2.34. The number of nitrogens with zero attached hydrogens (tertiary/aromatic N) is 1. The van der Waals surface area contributed by atoms with Crippen LogP contribution in [0.3, 0.4) is 0 Å². The van der Waals surface area contributed by atoms with E-state index in [1.165, 1.54) is 0 Å². The molecule has 0 saturated carbocycles. The third-order valence-electron chi connectivity index (χ3n) is 5.46. The summed E-state index contributed by atoms with van der Waals surface area (Å²) in [5.41, 5.74) is 4.48. The third kappa shape index (κ3) is 5.78. The first kappa shape index (κ1) is 23.0. The minimum Gasteiger partial charge on any atom is -0.464 e. The van der Waals surface area contributed by atoms with Crippen LogP contribution in [0.15, 0.2) is 126 Å². The molecule has 4 heteroatoms. The van der Waals surface area contributed by atoms with E-state index in [0.717, 1.165) is 28.1 Å². The summed E-state index contributed by atoms with van der Waals surface area (Å²) in [4.78, 5) is 18.5. The van der Waals surface area contributed by atoms with E-state index in [2.05, 4.69) is 5.32 Å². The predicted octanol–water partition coefficient (Wildman–Crippen LogP) is 6.31. The Morgan fingerprint density at radius 3 is 1.71 bits per heavy atom. The van der Waals surface area contributed by atoms with E-state index < -0.39 is 12.1 Å².